The van der Waals surface area contributed by atoms with Gasteiger partial charge in [-0.05, 0) is 200 Å². The lowest BCUT2D eigenvalue weighted by molar-refractivity contribution is -0.0883. The predicted molar refractivity (Wildman–Crippen MR) is 239 cm³/mol. The second kappa shape index (κ2) is 16.6. The predicted octanol–water partition coefficient (Wildman–Crippen LogP) is 12.8. The van der Waals surface area contributed by atoms with Crippen LogP contribution in [0.1, 0.15) is 199 Å². The standard InChI is InChI=1S/C54H85NO3S/c1-4-19-46-38(12-1)40-27-24-33(31-50(40)57-46)32-22-25-35(26-23-32)55(45-18-9-16-41-39-13-2-5-20-47(39)58-52(41)45)36-11-7-10-34(30-36)37-15-8-17-42-43-28-29-49-51(54(43)59-53(37)42)44-14-3-6-21-48(44)56-49/h32-54H,1-31H2. The van der Waals surface area contributed by atoms with Gasteiger partial charge in [0, 0.05) is 34.5 Å². The van der Waals surface area contributed by atoms with Crippen LogP contribution in [0.15, 0.2) is 0 Å². The minimum absolute atomic E-state index is 0.533. The van der Waals surface area contributed by atoms with Crippen LogP contribution in [-0.2, 0) is 14.2 Å². The van der Waals surface area contributed by atoms with E-state index in [1.165, 1.54) is 186 Å². The summed E-state index contributed by atoms with van der Waals surface area (Å²) in [4.78, 5) is 3.36. The third-order valence-electron chi connectivity index (χ3n) is 22.3. The van der Waals surface area contributed by atoms with Crippen molar-refractivity contribution in [2.45, 2.75) is 264 Å². The Morgan fingerprint density at radius 2 is 0.915 bits per heavy atom. The minimum atomic E-state index is 0.533. The van der Waals surface area contributed by atoms with E-state index in [1.807, 2.05) is 0 Å². The molecule has 0 bridgehead atoms. The summed E-state index contributed by atoms with van der Waals surface area (Å²) in [7, 11) is 0. The van der Waals surface area contributed by atoms with E-state index in [2.05, 4.69) is 16.7 Å². The monoisotopic (exact) mass is 828 g/mol. The first-order valence-corrected chi connectivity index (χ1v) is 28.6. The number of hydrogen-bond donors (Lipinski definition) is 0. The molecule has 0 aromatic heterocycles. The first kappa shape index (κ1) is 39.5. The van der Waals surface area contributed by atoms with Gasteiger partial charge in [0.2, 0.25) is 0 Å². The molecule has 13 fully saturated rings. The van der Waals surface area contributed by atoms with Crippen LogP contribution < -0.4 is 0 Å². The zero-order valence-corrected chi connectivity index (χ0v) is 38.1. The van der Waals surface area contributed by atoms with Crippen LogP contribution in [0, 0.1) is 71.0 Å². The van der Waals surface area contributed by atoms with Crippen molar-refractivity contribution in [3.05, 3.63) is 0 Å². The number of thioether (sulfide) groups is 1. The highest BCUT2D eigenvalue weighted by Gasteiger charge is 2.60. The molecule has 0 amide bonds. The maximum atomic E-state index is 7.40. The van der Waals surface area contributed by atoms with Crippen LogP contribution in [0.3, 0.4) is 0 Å². The van der Waals surface area contributed by atoms with Crippen LogP contribution >= 0.6 is 11.8 Å². The summed E-state index contributed by atoms with van der Waals surface area (Å²) in [6.07, 6.45) is 48.9. The van der Waals surface area contributed by atoms with Gasteiger partial charge in [0.1, 0.15) is 0 Å². The molecule has 0 N–H and O–H groups in total. The van der Waals surface area contributed by atoms with E-state index in [4.69, 9.17) is 14.2 Å². The van der Waals surface area contributed by atoms with Crippen molar-refractivity contribution in [1.82, 2.24) is 4.90 Å². The molecular weight excluding hydrogens is 743 g/mol. The third-order valence-corrected chi connectivity index (χ3v) is 24.3. The third kappa shape index (κ3) is 6.90. The molecule has 4 saturated heterocycles. The van der Waals surface area contributed by atoms with Crippen molar-refractivity contribution in [2.75, 3.05) is 0 Å². The largest absolute Gasteiger partial charge is 0.374 e. The Balaban J connectivity index is 0.732. The number of ether oxygens (including phenoxy) is 3. The second-order valence-electron chi connectivity index (χ2n) is 24.5. The Hall–Kier alpha value is 0.190. The molecular formula is C54H85NO3S. The number of rotatable bonds is 5. The molecule has 0 aromatic carbocycles. The van der Waals surface area contributed by atoms with Crippen LogP contribution in [0.4, 0.5) is 0 Å². The zero-order valence-electron chi connectivity index (χ0n) is 37.3. The maximum absolute atomic E-state index is 7.40. The van der Waals surface area contributed by atoms with Gasteiger partial charge in [-0.25, -0.2) is 0 Å². The summed E-state index contributed by atoms with van der Waals surface area (Å²) >= 11 is 2.60. The van der Waals surface area contributed by atoms with Crippen molar-refractivity contribution < 1.29 is 14.2 Å². The molecule has 0 aromatic rings. The molecule has 0 spiro atoms. The van der Waals surface area contributed by atoms with Gasteiger partial charge in [-0.1, -0.05) is 64.2 Å². The Morgan fingerprint density at radius 3 is 1.76 bits per heavy atom. The van der Waals surface area contributed by atoms with E-state index in [1.54, 1.807) is 12.8 Å². The normalized spacial score (nSPS) is 56.8. The molecule has 5 heteroatoms. The average molecular weight is 828 g/mol. The molecule has 13 rings (SSSR count). The lowest BCUT2D eigenvalue weighted by Gasteiger charge is -2.53. The summed E-state index contributed by atoms with van der Waals surface area (Å²) in [6.45, 7) is 0. The Morgan fingerprint density at radius 1 is 0.322 bits per heavy atom. The van der Waals surface area contributed by atoms with E-state index in [-0.39, 0.29) is 0 Å². The van der Waals surface area contributed by atoms with Crippen molar-refractivity contribution >= 4 is 11.8 Å². The van der Waals surface area contributed by atoms with Gasteiger partial charge >= 0.3 is 0 Å². The summed E-state index contributed by atoms with van der Waals surface area (Å²) in [6, 6.07) is 2.30. The molecule has 4 aliphatic heterocycles. The van der Waals surface area contributed by atoms with Gasteiger partial charge in [-0.2, -0.15) is 11.8 Å². The van der Waals surface area contributed by atoms with Crippen molar-refractivity contribution in [3.8, 4) is 0 Å². The molecule has 59 heavy (non-hydrogen) atoms. The lowest BCUT2D eigenvalue weighted by atomic mass is 9.62. The quantitative estimate of drug-likeness (QED) is 0.276. The number of hydrogen-bond acceptors (Lipinski definition) is 5. The van der Waals surface area contributed by atoms with Gasteiger partial charge in [-0.15, -0.1) is 0 Å². The molecule has 13 aliphatic rings. The van der Waals surface area contributed by atoms with Gasteiger partial charge in [-0.3, -0.25) is 4.90 Å². The fraction of sp³-hybridized carbons (Fsp3) is 1.00. The molecule has 9 aliphatic carbocycles. The van der Waals surface area contributed by atoms with E-state index < -0.39 is 0 Å². The smallest absolute Gasteiger partial charge is 0.0766 e. The first-order valence-electron chi connectivity index (χ1n) is 27.6. The van der Waals surface area contributed by atoms with Crippen molar-refractivity contribution in [3.63, 3.8) is 0 Å². The molecule has 21 atom stereocenters. The van der Waals surface area contributed by atoms with Crippen LogP contribution in [0.5, 0.6) is 0 Å². The second-order valence-corrected chi connectivity index (χ2v) is 25.9. The summed E-state index contributed by atoms with van der Waals surface area (Å²) in [5.74, 6) is 11.2. The minimum Gasteiger partial charge on any atom is -0.374 e. The van der Waals surface area contributed by atoms with Crippen molar-refractivity contribution in [1.29, 1.82) is 0 Å². The van der Waals surface area contributed by atoms with Gasteiger partial charge in [0.05, 0.1) is 36.6 Å². The Labute approximate surface area is 364 Å². The highest BCUT2D eigenvalue weighted by atomic mass is 32.2. The Kier molecular flexibility index (Phi) is 11.1. The summed E-state index contributed by atoms with van der Waals surface area (Å²) in [5, 5.41) is 1.88. The molecule has 21 unspecified atom stereocenters. The van der Waals surface area contributed by atoms with Crippen LogP contribution in [0.2, 0.25) is 0 Å². The van der Waals surface area contributed by atoms with E-state index in [0.717, 1.165) is 93.6 Å². The van der Waals surface area contributed by atoms with E-state index in [9.17, 15) is 0 Å². The highest BCUT2D eigenvalue weighted by molar-refractivity contribution is 8.00. The topological polar surface area (TPSA) is 30.9 Å². The molecule has 9 saturated carbocycles. The van der Waals surface area contributed by atoms with E-state index in [0.29, 0.717) is 42.7 Å². The zero-order chi connectivity index (χ0) is 38.6. The molecule has 4 heterocycles. The Bertz CT molecular complexity index is 1470. The fourth-order valence-electron chi connectivity index (χ4n) is 20.0. The van der Waals surface area contributed by atoms with Crippen LogP contribution in [0.25, 0.3) is 0 Å². The fourth-order valence-corrected chi connectivity index (χ4v) is 22.6. The molecule has 0 radical (unpaired) electrons. The van der Waals surface area contributed by atoms with E-state index >= 15 is 0 Å². The highest BCUT2D eigenvalue weighted by Crippen LogP contribution is 2.64. The molecule has 4 nitrogen and oxygen atoms in total. The number of nitrogens with zero attached hydrogens (tertiary/aromatic N) is 1. The van der Waals surface area contributed by atoms with Gasteiger partial charge in [0.25, 0.3) is 0 Å². The SMILES string of the molecule is C1CCC2C(C1)OC1CC(C3CCC(N(C4CCCC(C5CCCC6C7CCC8OC9CCCCC9C8C7SC56)C4)C4CCCC5C6CCCCC6OC54)CC3)CCC12. The summed E-state index contributed by atoms with van der Waals surface area (Å²) in [5.41, 5.74) is 0. The van der Waals surface area contributed by atoms with Crippen molar-refractivity contribution in [2.24, 2.45) is 71.0 Å². The molecule has 330 valence electrons. The lowest BCUT2D eigenvalue weighted by Crippen LogP contribution is -2.58. The average Bonchev–Trinajstić information content (AvgIpc) is 4.06. The van der Waals surface area contributed by atoms with Gasteiger partial charge in [0.15, 0.2) is 0 Å². The first-order chi connectivity index (χ1) is 29.2. The van der Waals surface area contributed by atoms with Crippen LogP contribution in [-0.4, -0.2) is 70.1 Å². The summed E-state index contributed by atoms with van der Waals surface area (Å²) < 4.78 is 21.2. The number of fused-ring (bicyclic) bond motifs is 13. The van der Waals surface area contributed by atoms with Gasteiger partial charge < -0.3 is 14.2 Å². The maximum Gasteiger partial charge on any atom is 0.0766 e.